The molecule has 0 unspecified atom stereocenters. The molecule has 0 saturated heterocycles. The van der Waals surface area contributed by atoms with Gasteiger partial charge < -0.3 is 14.6 Å². The van der Waals surface area contributed by atoms with Crippen LogP contribution in [0.4, 0.5) is 0 Å². The summed E-state index contributed by atoms with van der Waals surface area (Å²) in [5, 5.41) is 8.09. The van der Waals surface area contributed by atoms with Crippen molar-refractivity contribution in [3.8, 4) is 17.1 Å². The first-order chi connectivity index (χ1) is 14.1. The zero-order chi connectivity index (χ0) is 20.2. The third-order valence-corrected chi connectivity index (χ3v) is 4.46. The van der Waals surface area contributed by atoms with Gasteiger partial charge in [0.15, 0.2) is 6.61 Å². The topological polar surface area (TPSA) is 90.1 Å². The summed E-state index contributed by atoms with van der Waals surface area (Å²) in [7, 11) is 0. The van der Waals surface area contributed by atoms with Crippen LogP contribution in [0.2, 0.25) is 5.02 Å². The molecule has 4 aromatic rings. The van der Waals surface area contributed by atoms with Crippen molar-refractivity contribution in [3.63, 3.8) is 0 Å². The fourth-order valence-corrected chi connectivity index (χ4v) is 2.94. The van der Waals surface area contributed by atoms with Crippen LogP contribution in [-0.2, 0) is 11.3 Å². The molecule has 0 aliphatic rings. The fourth-order valence-electron chi connectivity index (χ4n) is 2.81. The highest BCUT2D eigenvalue weighted by Gasteiger charge is 2.19. The first-order valence-electron chi connectivity index (χ1n) is 8.93. The largest absolute Gasteiger partial charge is 0.467 e. The Morgan fingerprint density at radius 2 is 1.86 bits per heavy atom. The van der Waals surface area contributed by atoms with Gasteiger partial charge in [0.2, 0.25) is 5.88 Å². The summed E-state index contributed by atoms with van der Waals surface area (Å²) >= 11 is 5.87. The molecule has 0 saturated carbocycles. The molecule has 7 nitrogen and oxygen atoms in total. The fraction of sp³-hybridized carbons (Fsp3) is 0.143. The van der Waals surface area contributed by atoms with Crippen molar-refractivity contribution in [1.29, 1.82) is 0 Å². The van der Waals surface area contributed by atoms with Gasteiger partial charge in [-0.2, -0.15) is 9.97 Å². The second-order valence-corrected chi connectivity index (χ2v) is 6.78. The number of fused-ring (bicyclic) bond motifs is 1. The Labute approximate surface area is 171 Å². The minimum absolute atomic E-state index is 0.196. The SMILES string of the molecule is Cc1nc(OCC(=O)NCc2ccc(Cl)cc2)c2c(-c3ccccc3)noc2n1. The molecule has 0 atom stereocenters. The van der Waals surface area contributed by atoms with Crippen LogP contribution in [0.3, 0.4) is 0 Å². The van der Waals surface area contributed by atoms with Gasteiger partial charge in [-0.3, -0.25) is 4.79 Å². The first-order valence-corrected chi connectivity index (χ1v) is 9.31. The third-order valence-electron chi connectivity index (χ3n) is 4.20. The maximum absolute atomic E-state index is 12.2. The molecule has 0 aliphatic carbocycles. The Morgan fingerprint density at radius 1 is 1.10 bits per heavy atom. The van der Waals surface area contributed by atoms with E-state index >= 15 is 0 Å². The van der Waals surface area contributed by atoms with E-state index in [1.165, 1.54) is 0 Å². The number of rotatable bonds is 6. The average Bonchev–Trinajstić information content (AvgIpc) is 3.16. The molecular formula is C21H17ClN4O3. The highest BCUT2D eigenvalue weighted by molar-refractivity contribution is 6.30. The lowest BCUT2D eigenvalue weighted by Gasteiger charge is -2.08. The van der Waals surface area contributed by atoms with E-state index in [-0.39, 0.29) is 18.4 Å². The molecule has 2 aromatic heterocycles. The van der Waals surface area contributed by atoms with E-state index in [1.807, 2.05) is 42.5 Å². The number of aryl methyl sites for hydroxylation is 1. The van der Waals surface area contributed by atoms with Gasteiger partial charge in [0.25, 0.3) is 11.6 Å². The molecule has 8 heteroatoms. The van der Waals surface area contributed by atoms with E-state index in [0.717, 1.165) is 11.1 Å². The Morgan fingerprint density at radius 3 is 2.62 bits per heavy atom. The van der Waals surface area contributed by atoms with Crippen molar-refractivity contribution in [2.45, 2.75) is 13.5 Å². The van der Waals surface area contributed by atoms with Gasteiger partial charge in [0.1, 0.15) is 16.9 Å². The number of carbonyl (C=O) groups is 1. The Kier molecular flexibility index (Phi) is 5.39. The zero-order valence-electron chi connectivity index (χ0n) is 15.6. The first kappa shape index (κ1) is 18.9. The van der Waals surface area contributed by atoms with E-state index in [9.17, 15) is 4.79 Å². The van der Waals surface area contributed by atoms with Gasteiger partial charge in [0, 0.05) is 17.1 Å². The lowest BCUT2D eigenvalue weighted by Crippen LogP contribution is -2.28. The predicted molar refractivity (Wildman–Crippen MR) is 109 cm³/mol. The number of hydrogen-bond donors (Lipinski definition) is 1. The Bertz CT molecular complexity index is 1140. The van der Waals surface area contributed by atoms with Crippen LogP contribution >= 0.6 is 11.6 Å². The van der Waals surface area contributed by atoms with Crippen LogP contribution in [0, 0.1) is 6.92 Å². The van der Waals surface area contributed by atoms with Crippen LogP contribution in [0.5, 0.6) is 5.88 Å². The van der Waals surface area contributed by atoms with Crippen LogP contribution in [0.25, 0.3) is 22.4 Å². The normalized spacial score (nSPS) is 10.8. The summed E-state index contributed by atoms with van der Waals surface area (Å²) in [6.45, 7) is 1.90. The molecule has 1 N–H and O–H groups in total. The number of nitrogens with zero attached hydrogens (tertiary/aromatic N) is 3. The number of benzene rings is 2. The van der Waals surface area contributed by atoms with E-state index in [1.54, 1.807) is 19.1 Å². The smallest absolute Gasteiger partial charge is 0.265 e. The van der Waals surface area contributed by atoms with Crippen LogP contribution < -0.4 is 10.1 Å². The molecule has 29 heavy (non-hydrogen) atoms. The summed E-state index contributed by atoms with van der Waals surface area (Å²) < 4.78 is 11.1. The molecule has 0 radical (unpaired) electrons. The van der Waals surface area contributed by atoms with Crippen molar-refractivity contribution in [1.82, 2.24) is 20.4 Å². The number of carbonyl (C=O) groups excluding carboxylic acids is 1. The van der Waals surface area contributed by atoms with Crippen molar-refractivity contribution >= 4 is 28.6 Å². The molecular weight excluding hydrogens is 392 g/mol. The summed E-state index contributed by atoms with van der Waals surface area (Å²) in [6.07, 6.45) is 0. The molecule has 0 spiro atoms. The molecule has 0 aliphatic heterocycles. The number of hydrogen-bond acceptors (Lipinski definition) is 6. The van der Waals surface area contributed by atoms with Crippen LogP contribution in [-0.4, -0.2) is 27.6 Å². The molecule has 2 aromatic carbocycles. The lowest BCUT2D eigenvalue weighted by molar-refractivity contribution is -0.123. The van der Waals surface area contributed by atoms with E-state index in [2.05, 4.69) is 20.4 Å². The molecule has 2 heterocycles. The van der Waals surface area contributed by atoms with Gasteiger partial charge in [-0.1, -0.05) is 59.2 Å². The molecule has 146 valence electrons. The zero-order valence-corrected chi connectivity index (χ0v) is 16.3. The summed E-state index contributed by atoms with van der Waals surface area (Å²) in [4.78, 5) is 20.8. The number of nitrogens with one attached hydrogen (secondary N) is 1. The minimum Gasteiger partial charge on any atom is -0.467 e. The third kappa shape index (κ3) is 4.35. The molecule has 4 rings (SSSR count). The minimum atomic E-state index is -0.276. The van der Waals surface area contributed by atoms with Crippen molar-refractivity contribution < 1.29 is 14.1 Å². The van der Waals surface area contributed by atoms with Gasteiger partial charge in [-0.15, -0.1) is 0 Å². The maximum atomic E-state index is 12.2. The van der Waals surface area contributed by atoms with E-state index in [0.29, 0.717) is 34.2 Å². The second-order valence-electron chi connectivity index (χ2n) is 6.35. The summed E-state index contributed by atoms with van der Waals surface area (Å²) in [5.74, 6) is 0.446. The van der Waals surface area contributed by atoms with Gasteiger partial charge in [-0.05, 0) is 24.6 Å². The van der Waals surface area contributed by atoms with Crippen molar-refractivity contribution in [2.75, 3.05) is 6.61 Å². The number of ether oxygens (including phenoxy) is 1. The number of amides is 1. The standard InChI is InChI=1S/C21H17ClN4O3/c1-13-24-20(28-12-17(27)23-11-14-7-9-16(22)10-8-14)18-19(26-29-21(18)25-13)15-5-3-2-4-6-15/h2-10H,11-12H2,1H3,(H,23,27). The highest BCUT2D eigenvalue weighted by atomic mass is 35.5. The maximum Gasteiger partial charge on any atom is 0.265 e. The molecule has 0 fully saturated rings. The summed E-state index contributed by atoms with van der Waals surface area (Å²) in [6, 6.07) is 16.8. The number of halogens is 1. The van der Waals surface area contributed by atoms with Gasteiger partial charge in [-0.25, -0.2) is 0 Å². The Hall–Kier alpha value is -3.45. The second kappa shape index (κ2) is 8.28. The van der Waals surface area contributed by atoms with E-state index in [4.69, 9.17) is 20.9 Å². The van der Waals surface area contributed by atoms with Gasteiger partial charge >= 0.3 is 0 Å². The Balaban J connectivity index is 1.50. The lowest BCUT2D eigenvalue weighted by atomic mass is 10.1. The number of aromatic nitrogens is 3. The van der Waals surface area contributed by atoms with Crippen LogP contribution in [0.1, 0.15) is 11.4 Å². The predicted octanol–water partition coefficient (Wildman–Crippen LogP) is 3.94. The molecule has 0 bridgehead atoms. The van der Waals surface area contributed by atoms with Crippen LogP contribution in [0.15, 0.2) is 59.1 Å². The molecule has 1 amide bonds. The quantitative estimate of drug-likeness (QED) is 0.519. The monoisotopic (exact) mass is 408 g/mol. The van der Waals surface area contributed by atoms with E-state index < -0.39 is 0 Å². The van der Waals surface area contributed by atoms with Crippen molar-refractivity contribution in [3.05, 3.63) is 71.0 Å². The average molecular weight is 409 g/mol. The van der Waals surface area contributed by atoms with Gasteiger partial charge in [0.05, 0.1) is 0 Å². The van der Waals surface area contributed by atoms with Crippen molar-refractivity contribution in [2.24, 2.45) is 0 Å². The highest BCUT2D eigenvalue weighted by Crippen LogP contribution is 2.32. The summed E-state index contributed by atoms with van der Waals surface area (Å²) in [5.41, 5.74) is 2.66.